The van der Waals surface area contributed by atoms with Crippen molar-refractivity contribution in [2.24, 2.45) is 0 Å². The van der Waals surface area contributed by atoms with Crippen LogP contribution in [-0.4, -0.2) is 15.0 Å². The molecule has 0 spiro atoms. The molecule has 1 aromatic carbocycles. The number of aromatic nitrogens is 3. The van der Waals surface area contributed by atoms with E-state index < -0.39 is 0 Å². The Bertz CT molecular complexity index is 697. The van der Waals surface area contributed by atoms with E-state index in [9.17, 15) is 0 Å². The monoisotopic (exact) mass is 226 g/mol. The maximum atomic E-state index is 5.84. The summed E-state index contributed by atoms with van der Waals surface area (Å²) in [7, 11) is 0. The Morgan fingerprint density at radius 3 is 2.82 bits per heavy atom. The van der Waals surface area contributed by atoms with Gasteiger partial charge in [-0.15, -0.1) is 0 Å². The molecule has 0 aliphatic carbocycles. The quantitative estimate of drug-likeness (QED) is 0.670. The van der Waals surface area contributed by atoms with Gasteiger partial charge >= 0.3 is 0 Å². The summed E-state index contributed by atoms with van der Waals surface area (Å²) < 4.78 is 0. The number of anilines is 1. The molecule has 0 radical (unpaired) electrons. The average Bonchev–Trinajstić information content (AvgIpc) is 2.68. The zero-order valence-electron chi connectivity index (χ0n) is 9.86. The summed E-state index contributed by atoms with van der Waals surface area (Å²) in [5.74, 6) is 1.00. The molecular formula is C13H14N4. The maximum Gasteiger partial charge on any atom is 0.151 e. The largest absolute Gasteiger partial charge is 0.382 e. The van der Waals surface area contributed by atoms with E-state index in [0.717, 1.165) is 21.9 Å². The first-order chi connectivity index (χ1) is 8.16. The molecule has 0 aliphatic rings. The van der Waals surface area contributed by atoms with Crippen molar-refractivity contribution in [3.05, 3.63) is 30.1 Å². The van der Waals surface area contributed by atoms with Gasteiger partial charge in [0.1, 0.15) is 17.4 Å². The Morgan fingerprint density at radius 1 is 1.24 bits per heavy atom. The second-order valence-electron chi connectivity index (χ2n) is 4.57. The van der Waals surface area contributed by atoms with Gasteiger partial charge < -0.3 is 10.7 Å². The van der Waals surface area contributed by atoms with E-state index in [0.29, 0.717) is 11.7 Å². The van der Waals surface area contributed by atoms with Crippen LogP contribution in [-0.2, 0) is 0 Å². The normalized spacial score (nSPS) is 11.7. The first-order valence-corrected chi connectivity index (χ1v) is 5.68. The van der Waals surface area contributed by atoms with Crippen molar-refractivity contribution in [3.8, 4) is 0 Å². The predicted molar refractivity (Wildman–Crippen MR) is 69.9 cm³/mol. The number of fused-ring (bicyclic) bond motifs is 3. The Labute approximate surface area is 98.9 Å². The lowest BCUT2D eigenvalue weighted by atomic mass is 10.0. The van der Waals surface area contributed by atoms with E-state index in [1.807, 2.05) is 0 Å². The molecule has 4 nitrogen and oxygen atoms in total. The molecule has 2 aromatic heterocycles. The Balaban J connectivity index is 2.42. The second-order valence-corrected chi connectivity index (χ2v) is 4.57. The number of rotatable bonds is 1. The second kappa shape index (κ2) is 3.45. The minimum atomic E-state index is 0.497. The Hall–Kier alpha value is -2.10. The molecule has 3 N–H and O–H groups in total. The van der Waals surface area contributed by atoms with Gasteiger partial charge in [0.25, 0.3) is 0 Å². The number of hydrogen-bond donors (Lipinski definition) is 2. The summed E-state index contributed by atoms with van der Waals surface area (Å²) in [4.78, 5) is 11.6. The first kappa shape index (κ1) is 10.1. The highest BCUT2D eigenvalue weighted by Gasteiger charge is 2.09. The SMILES string of the molecule is CC(C)c1ccc2[nH]c3c(N)ncnc3c2c1. The number of nitrogen functional groups attached to an aromatic ring is 1. The fourth-order valence-electron chi connectivity index (χ4n) is 2.09. The predicted octanol–water partition coefficient (Wildman–Crippen LogP) is 2.82. The van der Waals surface area contributed by atoms with Gasteiger partial charge in [-0.25, -0.2) is 9.97 Å². The number of hydrogen-bond acceptors (Lipinski definition) is 3. The van der Waals surface area contributed by atoms with Crippen molar-refractivity contribution in [2.75, 3.05) is 5.73 Å². The van der Waals surface area contributed by atoms with E-state index in [-0.39, 0.29) is 0 Å². The van der Waals surface area contributed by atoms with E-state index >= 15 is 0 Å². The molecule has 4 heteroatoms. The van der Waals surface area contributed by atoms with Gasteiger partial charge in [-0.1, -0.05) is 19.9 Å². The topological polar surface area (TPSA) is 67.6 Å². The highest BCUT2D eigenvalue weighted by molar-refractivity contribution is 6.07. The van der Waals surface area contributed by atoms with Crippen LogP contribution in [0.5, 0.6) is 0 Å². The molecule has 3 rings (SSSR count). The molecule has 0 saturated heterocycles. The Morgan fingerprint density at radius 2 is 2.06 bits per heavy atom. The molecule has 3 aromatic rings. The lowest BCUT2D eigenvalue weighted by molar-refractivity contribution is 0.869. The van der Waals surface area contributed by atoms with Gasteiger partial charge in [-0.05, 0) is 23.6 Å². The van der Waals surface area contributed by atoms with Gasteiger partial charge in [0, 0.05) is 10.9 Å². The van der Waals surface area contributed by atoms with Crippen LogP contribution in [0.2, 0.25) is 0 Å². The molecular weight excluding hydrogens is 212 g/mol. The zero-order valence-corrected chi connectivity index (χ0v) is 9.86. The summed E-state index contributed by atoms with van der Waals surface area (Å²) in [6.45, 7) is 4.36. The fourth-order valence-corrected chi connectivity index (χ4v) is 2.09. The lowest BCUT2D eigenvalue weighted by Gasteiger charge is -2.04. The van der Waals surface area contributed by atoms with Crippen LogP contribution in [0.1, 0.15) is 25.3 Å². The first-order valence-electron chi connectivity index (χ1n) is 5.68. The third kappa shape index (κ3) is 1.45. The molecule has 0 unspecified atom stereocenters. The molecule has 0 aliphatic heterocycles. The summed E-state index contributed by atoms with van der Waals surface area (Å²) in [5.41, 5.74) is 9.91. The molecule has 0 amide bonds. The molecule has 86 valence electrons. The number of H-pyrrole nitrogens is 1. The smallest absolute Gasteiger partial charge is 0.151 e. The van der Waals surface area contributed by atoms with Crippen molar-refractivity contribution in [2.45, 2.75) is 19.8 Å². The number of aromatic amines is 1. The van der Waals surface area contributed by atoms with Crippen LogP contribution >= 0.6 is 0 Å². The lowest BCUT2D eigenvalue weighted by Crippen LogP contribution is -1.91. The number of benzene rings is 1. The fraction of sp³-hybridized carbons (Fsp3) is 0.231. The number of nitrogens with zero attached hydrogens (tertiary/aromatic N) is 2. The van der Waals surface area contributed by atoms with Crippen LogP contribution in [0.15, 0.2) is 24.5 Å². The average molecular weight is 226 g/mol. The van der Waals surface area contributed by atoms with Crippen LogP contribution in [0, 0.1) is 0 Å². The third-order valence-electron chi connectivity index (χ3n) is 3.10. The zero-order chi connectivity index (χ0) is 12.0. The molecule has 0 fully saturated rings. The number of nitrogens with two attached hydrogens (primary N) is 1. The van der Waals surface area contributed by atoms with Crippen molar-refractivity contribution >= 4 is 27.8 Å². The highest BCUT2D eigenvalue weighted by atomic mass is 14.9. The standard InChI is InChI=1S/C13H14N4/c1-7(2)8-3-4-10-9(5-8)11-12(17-10)13(14)16-6-15-11/h3-7,17H,1-2H3,(H2,14,15,16). The van der Waals surface area contributed by atoms with Gasteiger partial charge in [0.15, 0.2) is 5.82 Å². The third-order valence-corrected chi connectivity index (χ3v) is 3.10. The van der Waals surface area contributed by atoms with E-state index in [2.05, 4.69) is 47.0 Å². The Kier molecular flexibility index (Phi) is 2.04. The molecule has 0 atom stereocenters. The maximum absolute atomic E-state index is 5.84. The van der Waals surface area contributed by atoms with Crippen LogP contribution in [0.3, 0.4) is 0 Å². The highest BCUT2D eigenvalue weighted by Crippen LogP contribution is 2.28. The van der Waals surface area contributed by atoms with Gasteiger partial charge in [-0.3, -0.25) is 0 Å². The summed E-state index contributed by atoms with van der Waals surface area (Å²) >= 11 is 0. The van der Waals surface area contributed by atoms with Crippen LogP contribution < -0.4 is 5.73 Å². The molecule has 17 heavy (non-hydrogen) atoms. The summed E-state index contributed by atoms with van der Waals surface area (Å²) in [6.07, 6.45) is 1.51. The summed E-state index contributed by atoms with van der Waals surface area (Å²) in [5, 5.41) is 1.11. The molecule has 0 bridgehead atoms. The van der Waals surface area contributed by atoms with Gasteiger partial charge in [0.2, 0.25) is 0 Å². The van der Waals surface area contributed by atoms with Crippen molar-refractivity contribution in [1.82, 2.24) is 15.0 Å². The van der Waals surface area contributed by atoms with Crippen molar-refractivity contribution < 1.29 is 0 Å². The van der Waals surface area contributed by atoms with Crippen molar-refractivity contribution in [3.63, 3.8) is 0 Å². The van der Waals surface area contributed by atoms with E-state index in [1.54, 1.807) is 0 Å². The summed E-state index contributed by atoms with van der Waals surface area (Å²) in [6, 6.07) is 6.38. The van der Waals surface area contributed by atoms with Crippen molar-refractivity contribution in [1.29, 1.82) is 0 Å². The minimum absolute atomic E-state index is 0.497. The molecule has 0 saturated carbocycles. The van der Waals surface area contributed by atoms with Gasteiger partial charge in [-0.2, -0.15) is 0 Å². The van der Waals surface area contributed by atoms with E-state index in [4.69, 9.17) is 5.73 Å². The van der Waals surface area contributed by atoms with Crippen LogP contribution in [0.4, 0.5) is 5.82 Å². The van der Waals surface area contributed by atoms with E-state index in [1.165, 1.54) is 11.9 Å². The van der Waals surface area contributed by atoms with Crippen LogP contribution in [0.25, 0.3) is 21.9 Å². The molecule has 2 heterocycles. The van der Waals surface area contributed by atoms with Gasteiger partial charge in [0.05, 0.1) is 0 Å². The minimum Gasteiger partial charge on any atom is -0.382 e. The number of nitrogens with one attached hydrogen (secondary N) is 1.